The SMILES string of the molecule is C#CCC(C)c1cc(Cl)cc(Cl)c1. The van der Waals surface area contributed by atoms with Crippen LogP contribution >= 0.6 is 23.2 Å². The van der Waals surface area contributed by atoms with Crippen molar-refractivity contribution in [1.29, 1.82) is 0 Å². The van der Waals surface area contributed by atoms with Crippen LogP contribution in [0.1, 0.15) is 24.8 Å². The van der Waals surface area contributed by atoms with Gasteiger partial charge in [0.1, 0.15) is 0 Å². The molecule has 0 amide bonds. The molecule has 0 bridgehead atoms. The van der Waals surface area contributed by atoms with Crippen LogP contribution in [0.25, 0.3) is 0 Å². The van der Waals surface area contributed by atoms with E-state index >= 15 is 0 Å². The molecule has 0 aromatic heterocycles. The van der Waals surface area contributed by atoms with Crippen molar-refractivity contribution in [2.45, 2.75) is 19.3 Å². The first-order valence-electron chi connectivity index (χ1n) is 4.03. The summed E-state index contributed by atoms with van der Waals surface area (Å²) in [6, 6.07) is 5.51. The Labute approximate surface area is 88.9 Å². The molecule has 0 aliphatic heterocycles. The van der Waals surface area contributed by atoms with E-state index in [1.165, 1.54) is 0 Å². The molecule has 13 heavy (non-hydrogen) atoms. The predicted octanol–water partition coefficient (Wildman–Crippen LogP) is 4.12. The van der Waals surface area contributed by atoms with Crippen molar-refractivity contribution < 1.29 is 0 Å². The number of halogens is 2. The predicted molar refractivity (Wildman–Crippen MR) is 58.3 cm³/mol. The van der Waals surface area contributed by atoms with Gasteiger partial charge < -0.3 is 0 Å². The van der Waals surface area contributed by atoms with Gasteiger partial charge in [0.05, 0.1) is 0 Å². The topological polar surface area (TPSA) is 0 Å². The first-order chi connectivity index (χ1) is 6.13. The lowest BCUT2D eigenvalue weighted by atomic mass is 9.98. The third-order valence-electron chi connectivity index (χ3n) is 1.88. The van der Waals surface area contributed by atoms with Crippen LogP contribution in [0.5, 0.6) is 0 Å². The summed E-state index contributed by atoms with van der Waals surface area (Å²) in [5, 5.41) is 1.32. The van der Waals surface area contributed by atoms with E-state index in [2.05, 4.69) is 12.8 Å². The average Bonchev–Trinajstić information content (AvgIpc) is 2.03. The number of terminal acetylenes is 1. The molecule has 0 saturated heterocycles. The lowest BCUT2D eigenvalue weighted by Crippen LogP contribution is -1.91. The van der Waals surface area contributed by atoms with Gasteiger partial charge in [-0.2, -0.15) is 0 Å². The summed E-state index contributed by atoms with van der Waals surface area (Å²) in [4.78, 5) is 0. The maximum atomic E-state index is 5.86. The van der Waals surface area contributed by atoms with Crippen molar-refractivity contribution in [2.24, 2.45) is 0 Å². The number of rotatable bonds is 2. The van der Waals surface area contributed by atoms with Crippen molar-refractivity contribution in [3.05, 3.63) is 33.8 Å². The Balaban J connectivity index is 2.95. The van der Waals surface area contributed by atoms with E-state index in [0.717, 1.165) is 5.56 Å². The smallest absolute Gasteiger partial charge is 0.0423 e. The average molecular weight is 213 g/mol. The van der Waals surface area contributed by atoms with Crippen LogP contribution in [-0.2, 0) is 0 Å². The van der Waals surface area contributed by atoms with Crippen molar-refractivity contribution in [3.63, 3.8) is 0 Å². The Morgan fingerprint density at radius 1 is 1.31 bits per heavy atom. The minimum Gasteiger partial charge on any atom is -0.120 e. The quantitative estimate of drug-likeness (QED) is 0.648. The van der Waals surface area contributed by atoms with Crippen LogP contribution in [-0.4, -0.2) is 0 Å². The molecule has 0 N–H and O–H groups in total. The summed E-state index contributed by atoms with van der Waals surface area (Å²) in [6.45, 7) is 2.06. The second-order valence-electron chi connectivity index (χ2n) is 3.01. The minimum atomic E-state index is 0.307. The number of benzene rings is 1. The Bertz CT molecular complexity index is 316. The van der Waals surface area contributed by atoms with Crippen LogP contribution < -0.4 is 0 Å². The third kappa shape index (κ3) is 2.95. The fourth-order valence-electron chi connectivity index (χ4n) is 1.15. The summed E-state index contributed by atoms with van der Waals surface area (Å²) in [6.07, 6.45) is 5.93. The monoisotopic (exact) mass is 212 g/mol. The van der Waals surface area contributed by atoms with E-state index in [1.54, 1.807) is 6.07 Å². The van der Waals surface area contributed by atoms with Gasteiger partial charge in [-0.1, -0.05) is 30.1 Å². The summed E-state index contributed by atoms with van der Waals surface area (Å²) in [5.41, 5.74) is 1.09. The lowest BCUT2D eigenvalue weighted by Gasteiger charge is -2.08. The van der Waals surface area contributed by atoms with Gasteiger partial charge in [-0.25, -0.2) is 0 Å². The standard InChI is InChI=1S/C11H10Cl2/c1-3-4-8(2)9-5-10(12)7-11(13)6-9/h1,5-8H,4H2,2H3. The van der Waals surface area contributed by atoms with Gasteiger partial charge in [0.25, 0.3) is 0 Å². The van der Waals surface area contributed by atoms with Crippen LogP contribution in [0.15, 0.2) is 18.2 Å². The molecule has 0 heterocycles. The first kappa shape index (κ1) is 10.4. The van der Waals surface area contributed by atoms with E-state index in [-0.39, 0.29) is 0 Å². The van der Waals surface area contributed by atoms with E-state index in [9.17, 15) is 0 Å². The molecule has 2 heteroatoms. The van der Waals surface area contributed by atoms with E-state index in [0.29, 0.717) is 22.4 Å². The van der Waals surface area contributed by atoms with Gasteiger partial charge in [0, 0.05) is 16.5 Å². The lowest BCUT2D eigenvalue weighted by molar-refractivity contribution is 0.796. The highest BCUT2D eigenvalue weighted by molar-refractivity contribution is 6.34. The largest absolute Gasteiger partial charge is 0.120 e. The van der Waals surface area contributed by atoms with Crippen molar-refractivity contribution in [2.75, 3.05) is 0 Å². The van der Waals surface area contributed by atoms with Crippen molar-refractivity contribution in [3.8, 4) is 12.3 Å². The molecular formula is C11H10Cl2. The maximum Gasteiger partial charge on any atom is 0.0423 e. The highest BCUT2D eigenvalue weighted by Crippen LogP contribution is 2.25. The van der Waals surface area contributed by atoms with E-state index in [4.69, 9.17) is 29.6 Å². The Hall–Kier alpha value is -0.640. The Morgan fingerprint density at radius 2 is 1.85 bits per heavy atom. The molecule has 68 valence electrons. The third-order valence-corrected chi connectivity index (χ3v) is 2.31. The van der Waals surface area contributed by atoms with Crippen molar-refractivity contribution in [1.82, 2.24) is 0 Å². The van der Waals surface area contributed by atoms with Crippen molar-refractivity contribution >= 4 is 23.2 Å². The van der Waals surface area contributed by atoms with Crippen LogP contribution in [0.3, 0.4) is 0 Å². The molecule has 0 saturated carbocycles. The molecule has 0 spiro atoms. The fourth-order valence-corrected chi connectivity index (χ4v) is 1.70. The van der Waals surface area contributed by atoms with E-state index < -0.39 is 0 Å². The van der Waals surface area contributed by atoms with Gasteiger partial charge >= 0.3 is 0 Å². The molecule has 0 fully saturated rings. The summed E-state index contributed by atoms with van der Waals surface area (Å²) < 4.78 is 0. The maximum absolute atomic E-state index is 5.86. The molecule has 1 atom stereocenters. The number of hydrogen-bond donors (Lipinski definition) is 0. The van der Waals surface area contributed by atoms with E-state index in [1.807, 2.05) is 12.1 Å². The first-order valence-corrected chi connectivity index (χ1v) is 4.78. The normalized spacial score (nSPS) is 12.2. The summed E-state index contributed by atoms with van der Waals surface area (Å²) in [7, 11) is 0. The highest BCUT2D eigenvalue weighted by Gasteiger charge is 2.05. The van der Waals surface area contributed by atoms with Crippen LogP contribution in [0.4, 0.5) is 0 Å². The zero-order valence-electron chi connectivity index (χ0n) is 7.35. The van der Waals surface area contributed by atoms with Gasteiger partial charge in [0.15, 0.2) is 0 Å². The zero-order valence-corrected chi connectivity index (χ0v) is 8.86. The molecule has 0 aliphatic carbocycles. The molecule has 0 aliphatic rings. The summed E-state index contributed by atoms with van der Waals surface area (Å²) in [5.74, 6) is 2.93. The van der Waals surface area contributed by atoms with Gasteiger partial charge in [-0.15, -0.1) is 12.3 Å². The zero-order chi connectivity index (χ0) is 9.84. The Kier molecular flexibility index (Phi) is 3.66. The second kappa shape index (κ2) is 4.56. The van der Waals surface area contributed by atoms with Crippen LogP contribution in [0, 0.1) is 12.3 Å². The van der Waals surface area contributed by atoms with Gasteiger partial charge in [-0.05, 0) is 29.7 Å². The fraction of sp³-hybridized carbons (Fsp3) is 0.273. The Morgan fingerprint density at radius 3 is 2.31 bits per heavy atom. The molecule has 1 aromatic carbocycles. The van der Waals surface area contributed by atoms with Gasteiger partial charge in [-0.3, -0.25) is 0 Å². The highest BCUT2D eigenvalue weighted by atomic mass is 35.5. The second-order valence-corrected chi connectivity index (χ2v) is 3.88. The molecule has 1 unspecified atom stereocenters. The van der Waals surface area contributed by atoms with Gasteiger partial charge in [0.2, 0.25) is 0 Å². The summed E-state index contributed by atoms with van der Waals surface area (Å²) >= 11 is 11.7. The molecule has 1 aromatic rings. The molecular weight excluding hydrogens is 203 g/mol. The molecule has 0 nitrogen and oxygen atoms in total. The minimum absolute atomic E-state index is 0.307. The van der Waals surface area contributed by atoms with Crippen LogP contribution in [0.2, 0.25) is 10.0 Å². The molecule has 1 rings (SSSR count). The molecule has 0 radical (unpaired) electrons. The number of hydrogen-bond acceptors (Lipinski definition) is 0.